The lowest BCUT2D eigenvalue weighted by atomic mass is 9.76. The van der Waals surface area contributed by atoms with Crippen molar-refractivity contribution in [3.8, 4) is 0 Å². The van der Waals surface area contributed by atoms with Crippen LogP contribution >= 0.6 is 0 Å². The molecule has 5 nitrogen and oxygen atoms in total. The summed E-state index contributed by atoms with van der Waals surface area (Å²) in [7, 11) is 0. The first-order chi connectivity index (χ1) is 12.2. The number of carbonyl (C=O) groups excluding carboxylic acids is 1. The number of hydrogen-bond donors (Lipinski definition) is 2. The van der Waals surface area contributed by atoms with Gasteiger partial charge in [-0.1, -0.05) is 12.1 Å². The number of rotatable bonds is 3. The Balaban J connectivity index is 1.44. The molecule has 2 amide bonds. The minimum Gasteiger partial charge on any atom is -0.481 e. The van der Waals surface area contributed by atoms with E-state index in [9.17, 15) is 22.8 Å². The average molecular weight is 370 g/mol. The molecule has 1 heterocycles. The van der Waals surface area contributed by atoms with Crippen molar-refractivity contribution in [1.29, 1.82) is 0 Å². The summed E-state index contributed by atoms with van der Waals surface area (Å²) in [6.45, 7) is 0.857. The van der Waals surface area contributed by atoms with Gasteiger partial charge in [0.1, 0.15) is 0 Å². The number of nitrogens with zero attached hydrogens (tertiary/aromatic N) is 1. The standard InChI is InChI=1S/C18H21F3N2O3/c19-18(20,21)14-3-1-11(2-4-14)13-9-15(10-13)22-17(26)23-7-5-12(6-8-23)16(24)25/h1-4,12-13,15H,5-10H2,(H,22,26)(H,24,25). The molecule has 1 aromatic carbocycles. The molecule has 8 heteroatoms. The summed E-state index contributed by atoms with van der Waals surface area (Å²) in [5, 5.41) is 11.9. The minimum absolute atomic E-state index is 0.00647. The number of carboxylic acids is 1. The van der Waals surface area contributed by atoms with E-state index in [1.807, 2.05) is 0 Å². The molecular weight excluding hydrogens is 349 g/mol. The average Bonchev–Trinajstić information content (AvgIpc) is 2.57. The smallest absolute Gasteiger partial charge is 0.416 e. The van der Waals surface area contributed by atoms with Crippen LogP contribution in [-0.4, -0.2) is 41.1 Å². The van der Waals surface area contributed by atoms with Crippen LogP contribution in [0.5, 0.6) is 0 Å². The summed E-state index contributed by atoms with van der Waals surface area (Å²) < 4.78 is 37.7. The van der Waals surface area contributed by atoms with Crippen LogP contribution < -0.4 is 5.32 Å². The van der Waals surface area contributed by atoms with Gasteiger partial charge in [-0.2, -0.15) is 13.2 Å². The van der Waals surface area contributed by atoms with Crippen LogP contribution in [0.1, 0.15) is 42.7 Å². The Morgan fingerprint density at radius 3 is 2.15 bits per heavy atom. The predicted molar refractivity (Wildman–Crippen MR) is 87.7 cm³/mol. The molecule has 1 aliphatic heterocycles. The quantitative estimate of drug-likeness (QED) is 0.856. The fourth-order valence-corrected chi connectivity index (χ4v) is 3.55. The number of halogens is 3. The van der Waals surface area contributed by atoms with E-state index in [2.05, 4.69) is 5.32 Å². The summed E-state index contributed by atoms with van der Waals surface area (Å²) in [6.07, 6.45) is -2.02. The third-order valence-corrected chi connectivity index (χ3v) is 5.31. The lowest BCUT2D eigenvalue weighted by Crippen LogP contribution is -2.51. The van der Waals surface area contributed by atoms with Gasteiger partial charge in [-0.15, -0.1) is 0 Å². The SMILES string of the molecule is O=C(O)C1CCN(C(=O)NC2CC(c3ccc(C(F)(F)F)cc3)C2)CC1. The van der Waals surface area contributed by atoms with Gasteiger partial charge in [0.2, 0.25) is 0 Å². The van der Waals surface area contributed by atoms with E-state index in [0.717, 1.165) is 17.7 Å². The van der Waals surface area contributed by atoms with Crippen LogP contribution in [0.3, 0.4) is 0 Å². The summed E-state index contributed by atoms with van der Waals surface area (Å²) in [5.41, 5.74) is 0.195. The Bertz CT molecular complexity index is 661. The largest absolute Gasteiger partial charge is 0.481 e. The molecule has 1 saturated heterocycles. The second-order valence-corrected chi connectivity index (χ2v) is 7.03. The molecule has 0 radical (unpaired) electrons. The molecule has 1 saturated carbocycles. The van der Waals surface area contributed by atoms with Crippen molar-refractivity contribution in [1.82, 2.24) is 10.2 Å². The fourth-order valence-electron chi connectivity index (χ4n) is 3.55. The van der Waals surface area contributed by atoms with Gasteiger partial charge in [0.25, 0.3) is 0 Å². The minimum atomic E-state index is -4.33. The predicted octanol–water partition coefficient (Wildman–Crippen LogP) is 3.46. The molecule has 142 valence electrons. The summed E-state index contributed by atoms with van der Waals surface area (Å²) >= 11 is 0. The molecule has 2 aliphatic rings. The van der Waals surface area contributed by atoms with Gasteiger partial charge in [-0.3, -0.25) is 4.79 Å². The number of benzene rings is 1. The van der Waals surface area contributed by atoms with Crippen LogP contribution in [0.4, 0.5) is 18.0 Å². The van der Waals surface area contributed by atoms with Crippen LogP contribution in [0.15, 0.2) is 24.3 Å². The Morgan fingerprint density at radius 2 is 1.65 bits per heavy atom. The second kappa shape index (κ2) is 7.17. The van der Waals surface area contributed by atoms with Crippen LogP contribution in [0.2, 0.25) is 0 Å². The summed E-state index contributed by atoms with van der Waals surface area (Å²) in [6, 6.07) is 5.00. The van der Waals surface area contributed by atoms with Crippen LogP contribution in [0.25, 0.3) is 0 Å². The zero-order valence-corrected chi connectivity index (χ0v) is 14.1. The van der Waals surface area contributed by atoms with E-state index in [0.29, 0.717) is 38.8 Å². The van der Waals surface area contributed by atoms with Gasteiger partial charge in [-0.25, -0.2) is 4.79 Å². The monoisotopic (exact) mass is 370 g/mol. The van der Waals surface area contributed by atoms with E-state index < -0.39 is 17.7 Å². The topological polar surface area (TPSA) is 69.6 Å². The van der Waals surface area contributed by atoms with Crippen molar-refractivity contribution >= 4 is 12.0 Å². The van der Waals surface area contributed by atoms with E-state index in [1.54, 1.807) is 4.90 Å². The Labute approximate surface area is 149 Å². The number of aliphatic carboxylic acids is 1. The molecular formula is C18H21F3N2O3. The normalized spacial score (nSPS) is 24.0. The zero-order chi connectivity index (χ0) is 18.9. The van der Waals surface area contributed by atoms with E-state index in [1.165, 1.54) is 12.1 Å². The van der Waals surface area contributed by atoms with E-state index in [4.69, 9.17) is 5.11 Å². The van der Waals surface area contributed by atoms with Crippen molar-refractivity contribution in [3.63, 3.8) is 0 Å². The van der Waals surface area contributed by atoms with Crippen molar-refractivity contribution in [2.75, 3.05) is 13.1 Å². The molecule has 0 spiro atoms. The number of carbonyl (C=O) groups is 2. The molecule has 2 N–H and O–H groups in total. The lowest BCUT2D eigenvalue weighted by Gasteiger charge is -2.38. The molecule has 0 atom stereocenters. The molecule has 0 unspecified atom stereocenters. The van der Waals surface area contributed by atoms with Gasteiger partial charge in [0, 0.05) is 19.1 Å². The number of nitrogens with one attached hydrogen (secondary N) is 1. The maximum absolute atomic E-state index is 12.6. The van der Waals surface area contributed by atoms with Crippen molar-refractivity contribution < 1.29 is 27.9 Å². The Morgan fingerprint density at radius 1 is 1.08 bits per heavy atom. The van der Waals surface area contributed by atoms with Crippen LogP contribution in [-0.2, 0) is 11.0 Å². The molecule has 2 fully saturated rings. The second-order valence-electron chi connectivity index (χ2n) is 7.03. The highest BCUT2D eigenvalue weighted by Gasteiger charge is 2.35. The first-order valence-electron chi connectivity index (χ1n) is 8.69. The fraction of sp³-hybridized carbons (Fsp3) is 0.556. The zero-order valence-electron chi connectivity index (χ0n) is 14.1. The highest BCUT2D eigenvalue weighted by Crippen LogP contribution is 2.38. The molecule has 1 aromatic rings. The van der Waals surface area contributed by atoms with Gasteiger partial charge in [0.05, 0.1) is 11.5 Å². The molecule has 26 heavy (non-hydrogen) atoms. The molecule has 0 aromatic heterocycles. The van der Waals surface area contributed by atoms with Crippen molar-refractivity contribution in [2.45, 2.75) is 43.8 Å². The first-order valence-corrected chi connectivity index (χ1v) is 8.69. The lowest BCUT2D eigenvalue weighted by molar-refractivity contribution is -0.143. The number of amides is 2. The highest BCUT2D eigenvalue weighted by atomic mass is 19.4. The van der Waals surface area contributed by atoms with Gasteiger partial charge in [-0.05, 0) is 49.3 Å². The first kappa shape index (κ1) is 18.5. The number of piperidine rings is 1. The number of likely N-dealkylation sites (tertiary alicyclic amines) is 1. The maximum Gasteiger partial charge on any atom is 0.416 e. The van der Waals surface area contributed by atoms with Crippen molar-refractivity contribution in [2.24, 2.45) is 5.92 Å². The van der Waals surface area contributed by atoms with Gasteiger partial charge < -0.3 is 15.3 Å². The van der Waals surface area contributed by atoms with E-state index >= 15 is 0 Å². The third kappa shape index (κ3) is 4.11. The summed E-state index contributed by atoms with van der Waals surface area (Å²) in [4.78, 5) is 24.8. The van der Waals surface area contributed by atoms with Gasteiger partial charge in [0.15, 0.2) is 0 Å². The highest BCUT2D eigenvalue weighted by molar-refractivity contribution is 5.75. The molecule has 3 rings (SSSR count). The number of alkyl halides is 3. The number of urea groups is 1. The number of hydrogen-bond acceptors (Lipinski definition) is 2. The summed E-state index contributed by atoms with van der Waals surface area (Å²) in [5.74, 6) is -1.05. The van der Waals surface area contributed by atoms with Crippen LogP contribution in [0, 0.1) is 5.92 Å². The maximum atomic E-state index is 12.6. The number of carboxylic acid groups (broad SMARTS) is 1. The molecule has 0 bridgehead atoms. The van der Waals surface area contributed by atoms with E-state index in [-0.39, 0.29) is 23.9 Å². The third-order valence-electron chi connectivity index (χ3n) is 5.31. The van der Waals surface area contributed by atoms with Crippen molar-refractivity contribution in [3.05, 3.63) is 35.4 Å². The Kier molecular flexibility index (Phi) is 5.11. The van der Waals surface area contributed by atoms with Gasteiger partial charge >= 0.3 is 18.2 Å². The molecule has 1 aliphatic carbocycles. The Hall–Kier alpha value is -2.25.